The number of thioether (sulfide) groups is 1. The maximum Gasteiger partial charge on any atom is 0.364 e. The van der Waals surface area contributed by atoms with Crippen LogP contribution in [0.1, 0.15) is 37.0 Å². The van der Waals surface area contributed by atoms with Crippen LogP contribution >= 0.6 is 11.8 Å². The monoisotopic (exact) mass is 620 g/mol. The minimum absolute atomic E-state index is 0.00803. The fourth-order valence-corrected chi connectivity index (χ4v) is 5.43. The zero-order valence-electron chi connectivity index (χ0n) is 24.4. The Labute approximate surface area is 254 Å². The molecule has 1 fully saturated rings. The second kappa shape index (κ2) is 16.0. The van der Waals surface area contributed by atoms with Crippen molar-refractivity contribution in [3.8, 4) is 16.9 Å². The summed E-state index contributed by atoms with van der Waals surface area (Å²) in [7, 11) is 1.57. The van der Waals surface area contributed by atoms with Crippen LogP contribution in [0.2, 0.25) is 0 Å². The highest BCUT2D eigenvalue weighted by atomic mass is 32.2. The van der Waals surface area contributed by atoms with Crippen LogP contribution in [0, 0.1) is 0 Å². The molecule has 13 heteroatoms. The first kappa shape index (κ1) is 34.3. The lowest BCUT2D eigenvalue weighted by molar-refractivity contribution is -0.310. The van der Waals surface area contributed by atoms with E-state index in [0.29, 0.717) is 17.7 Å². The number of rotatable bonds is 15. The number of aliphatic hydroxyl groups is 3. The molecule has 1 heterocycles. The molecule has 0 saturated carbocycles. The highest BCUT2D eigenvalue weighted by Crippen LogP contribution is 2.34. The Kier molecular flexibility index (Phi) is 12.8. The summed E-state index contributed by atoms with van der Waals surface area (Å²) in [6.07, 6.45) is -6.55. The van der Waals surface area contributed by atoms with E-state index in [1.807, 2.05) is 31.2 Å². The van der Waals surface area contributed by atoms with E-state index in [1.165, 1.54) is 6.92 Å². The van der Waals surface area contributed by atoms with E-state index in [1.54, 1.807) is 43.1 Å². The van der Waals surface area contributed by atoms with Gasteiger partial charge in [-0.25, -0.2) is 4.79 Å². The van der Waals surface area contributed by atoms with Crippen LogP contribution in [0.3, 0.4) is 0 Å². The Bertz CT molecular complexity index is 1230. The third kappa shape index (κ3) is 8.91. The molecule has 2 aromatic rings. The van der Waals surface area contributed by atoms with Gasteiger partial charge >= 0.3 is 5.97 Å². The lowest BCUT2D eigenvalue weighted by Gasteiger charge is -2.46. The predicted octanol–water partition coefficient (Wildman–Crippen LogP) is 1.41. The molecule has 43 heavy (non-hydrogen) atoms. The van der Waals surface area contributed by atoms with Gasteiger partial charge in [-0.15, -0.1) is 0 Å². The molecule has 2 aromatic carbocycles. The van der Waals surface area contributed by atoms with Gasteiger partial charge in [-0.3, -0.25) is 9.59 Å². The molecule has 236 valence electrons. The zero-order valence-corrected chi connectivity index (χ0v) is 25.2. The van der Waals surface area contributed by atoms with Crippen molar-refractivity contribution in [3.63, 3.8) is 0 Å². The molecule has 1 aliphatic rings. The van der Waals surface area contributed by atoms with Gasteiger partial charge in [0.25, 0.3) is 11.7 Å². The minimum atomic E-state index is -2.32. The Hall–Kier alpha value is -3.20. The fourth-order valence-electron chi connectivity index (χ4n) is 4.82. The number of nitrogens with one attached hydrogen (secondary N) is 2. The predicted molar refractivity (Wildman–Crippen MR) is 160 cm³/mol. The average Bonchev–Trinajstić information content (AvgIpc) is 3.00. The van der Waals surface area contributed by atoms with Gasteiger partial charge in [-0.05, 0) is 41.7 Å². The standard InChI is InChI=1S/C30H40N2O10S/c1-4-43-15-7-14-41-30(29(38)39)16-22(34)25(32-18(2)33)27(42-30)26(36)23(35)17-31-28(37)20-12-10-19(11-13-20)21-8-5-6-9-24(21)40-3/h5-6,8-13,22-23,25-27,34-36H,4,7,14-17H2,1-3H3,(H,31,37)(H,32,33)(H,38,39)/t22?,23-,25-,26?,27-,30-/m1/s1. The van der Waals surface area contributed by atoms with Crippen molar-refractivity contribution < 1.29 is 49.0 Å². The SMILES string of the molecule is CCSCCCO[C@]1(C(=O)O)CC(O)[C@@H](NC(C)=O)[C@H](C(O)[C@H](O)CNC(=O)c2ccc(-c3ccccc3OC)cc2)O1. The van der Waals surface area contributed by atoms with Crippen LogP contribution in [0.25, 0.3) is 11.1 Å². The highest BCUT2D eigenvalue weighted by molar-refractivity contribution is 7.99. The number of aliphatic hydroxyl groups excluding tert-OH is 3. The molecular formula is C30H40N2O10S. The van der Waals surface area contributed by atoms with Crippen molar-refractivity contribution in [2.75, 3.05) is 31.8 Å². The molecule has 6 atom stereocenters. The van der Waals surface area contributed by atoms with Gasteiger partial charge in [0.2, 0.25) is 5.91 Å². The van der Waals surface area contributed by atoms with Crippen molar-refractivity contribution in [2.24, 2.45) is 0 Å². The maximum absolute atomic E-state index is 12.8. The summed E-state index contributed by atoms with van der Waals surface area (Å²) in [5, 5.41) is 47.6. The van der Waals surface area contributed by atoms with E-state index < -0.39 is 67.0 Å². The molecule has 0 aliphatic carbocycles. The first-order valence-corrected chi connectivity index (χ1v) is 15.1. The summed E-state index contributed by atoms with van der Waals surface area (Å²) in [6, 6.07) is 12.9. The lowest BCUT2D eigenvalue weighted by atomic mass is 9.88. The molecule has 2 unspecified atom stereocenters. The molecule has 0 aromatic heterocycles. The molecule has 1 saturated heterocycles. The van der Waals surface area contributed by atoms with Crippen molar-refractivity contribution in [1.82, 2.24) is 10.6 Å². The molecule has 0 radical (unpaired) electrons. The number of aliphatic carboxylic acids is 1. The minimum Gasteiger partial charge on any atom is -0.496 e. The second-order valence-corrected chi connectivity index (χ2v) is 11.5. The fraction of sp³-hybridized carbons (Fsp3) is 0.500. The number of ether oxygens (including phenoxy) is 3. The number of carbonyl (C=O) groups excluding carboxylic acids is 2. The van der Waals surface area contributed by atoms with Crippen molar-refractivity contribution in [3.05, 3.63) is 54.1 Å². The number of amides is 2. The van der Waals surface area contributed by atoms with Crippen LogP contribution in [-0.2, 0) is 19.1 Å². The topological polar surface area (TPSA) is 184 Å². The molecule has 0 spiro atoms. The Balaban J connectivity index is 1.70. The van der Waals surface area contributed by atoms with Gasteiger partial charge in [-0.2, -0.15) is 11.8 Å². The quantitative estimate of drug-likeness (QED) is 0.158. The maximum atomic E-state index is 12.8. The van der Waals surface area contributed by atoms with Gasteiger partial charge in [0.05, 0.1) is 32.0 Å². The molecule has 3 rings (SSSR count). The van der Waals surface area contributed by atoms with Crippen molar-refractivity contribution in [2.45, 2.75) is 62.9 Å². The van der Waals surface area contributed by atoms with E-state index in [9.17, 15) is 34.8 Å². The number of carboxylic acids is 1. The van der Waals surface area contributed by atoms with Crippen LogP contribution in [0.15, 0.2) is 48.5 Å². The summed E-state index contributed by atoms with van der Waals surface area (Å²) in [6.45, 7) is 2.75. The Morgan fingerprint density at radius 2 is 1.84 bits per heavy atom. The van der Waals surface area contributed by atoms with E-state index in [2.05, 4.69) is 10.6 Å². The smallest absolute Gasteiger partial charge is 0.364 e. The van der Waals surface area contributed by atoms with Crippen LogP contribution in [0.5, 0.6) is 5.75 Å². The van der Waals surface area contributed by atoms with Gasteiger partial charge in [0.1, 0.15) is 18.0 Å². The molecule has 6 N–H and O–H groups in total. The van der Waals surface area contributed by atoms with Gasteiger partial charge in [-0.1, -0.05) is 37.3 Å². The van der Waals surface area contributed by atoms with Gasteiger partial charge in [0.15, 0.2) is 0 Å². The van der Waals surface area contributed by atoms with Crippen LogP contribution in [-0.4, -0.2) is 106 Å². The number of hydrogen-bond donors (Lipinski definition) is 6. The summed E-state index contributed by atoms with van der Waals surface area (Å²) in [4.78, 5) is 36.9. The number of hydrogen-bond acceptors (Lipinski definition) is 10. The molecular weight excluding hydrogens is 580 g/mol. The van der Waals surface area contributed by atoms with E-state index in [0.717, 1.165) is 22.6 Å². The number of para-hydroxylation sites is 1. The zero-order chi connectivity index (χ0) is 31.6. The third-order valence-electron chi connectivity index (χ3n) is 7.01. The largest absolute Gasteiger partial charge is 0.496 e. The molecule has 1 aliphatic heterocycles. The lowest BCUT2D eigenvalue weighted by Crippen LogP contribution is -2.68. The average molecular weight is 621 g/mol. The van der Waals surface area contributed by atoms with Crippen LogP contribution < -0.4 is 15.4 Å². The first-order valence-electron chi connectivity index (χ1n) is 14.0. The Morgan fingerprint density at radius 3 is 2.47 bits per heavy atom. The van der Waals surface area contributed by atoms with Crippen molar-refractivity contribution in [1.29, 1.82) is 0 Å². The summed E-state index contributed by atoms with van der Waals surface area (Å²) in [5.74, 6) is -2.66. The first-order chi connectivity index (χ1) is 20.5. The Morgan fingerprint density at radius 1 is 1.14 bits per heavy atom. The van der Waals surface area contributed by atoms with E-state index in [4.69, 9.17) is 14.2 Å². The molecule has 2 amide bonds. The molecule has 12 nitrogen and oxygen atoms in total. The molecule has 0 bridgehead atoms. The summed E-state index contributed by atoms with van der Waals surface area (Å²) in [5.41, 5.74) is 1.97. The van der Waals surface area contributed by atoms with E-state index in [-0.39, 0.29) is 6.61 Å². The van der Waals surface area contributed by atoms with Crippen molar-refractivity contribution >= 4 is 29.5 Å². The van der Waals surface area contributed by atoms with Gasteiger partial charge < -0.3 is 45.3 Å². The summed E-state index contributed by atoms with van der Waals surface area (Å²) >= 11 is 1.65. The third-order valence-corrected chi connectivity index (χ3v) is 7.99. The number of methoxy groups -OCH3 is 1. The van der Waals surface area contributed by atoms with Gasteiger partial charge in [0, 0.05) is 31.0 Å². The normalized spacial score (nSPS) is 23.2. The van der Waals surface area contributed by atoms with Crippen LogP contribution in [0.4, 0.5) is 0 Å². The number of carboxylic acid groups (broad SMARTS) is 1. The number of carbonyl (C=O) groups is 3. The second-order valence-electron chi connectivity index (χ2n) is 10.1. The van der Waals surface area contributed by atoms with E-state index >= 15 is 0 Å². The summed E-state index contributed by atoms with van der Waals surface area (Å²) < 4.78 is 16.7. The number of benzene rings is 2. The highest BCUT2D eigenvalue weighted by Gasteiger charge is 2.55.